The predicted molar refractivity (Wildman–Crippen MR) is 66.6 cm³/mol. The van der Waals surface area contributed by atoms with Gasteiger partial charge in [-0.3, -0.25) is 5.32 Å². The molecule has 0 aliphatic heterocycles. The lowest BCUT2D eigenvalue weighted by atomic mass is 10.7. The first kappa shape index (κ1) is 14.4. The summed E-state index contributed by atoms with van der Waals surface area (Å²) in [6, 6.07) is -0.507. The number of carbonyl (C=O) groups excluding carboxylic acids is 1. The quantitative estimate of drug-likeness (QED) is 0.576. The molecule has 0 aliphatic carbocycles. The van der Waals surface area contributed by atoms with E-state index < -0.39 is 16.1 Å². The van der Waals surface area contributed by atoms with Gasteiger partial charge in [0.1, 0.15) is 0 Å². The van der Waals surface area contributed by atoms with Crippen molar-refractivity contribution >= 4 is 32.5 Å². The number of sulfonamides is 1. The second kappa shape index (κ2) is 5.76. The smallest absolute Gasteiger partial charge is 0.320 e. The molecule has 8 nitrogen and oxygen atoms in total. The number of urea groups is 1. The van der Waals surface area contributed by atoms with Crippen LogP contribution in [0.2, 0.25) is 0 Å². The number of nitrogens with one attached hydrogen (secondary N) is 2. The minimum Gasteiger partial charge on any atom is -0.341 e. The molecule has 0 saturated carbocycles. The summed E-state index contributed by atoms with van der Waals surface area (Å²) in [6.07, 6.45) is 5.04. The summed E-state index contributed by atoms with van der Waals surface area (Å²) in [7, 11) is -0.998. The average Bonchev–Trinajstić information content (AvgIpc) is 2.78. The van der Waals surface area contributed by atoms with Gasteiger partial charge in [0.05, 0.1) is 6.54 Å². The molecule has 2 amide bonds. The Bertz CT molecular complexity index is 574. The lowest BCUT2D eigenvalue weighted by Gasteiger charge is -2.10. The van der Waals surface area contributed by atoms with Crippen molar-refractivity contribution in [2.75, 3.05) is 26.0 Å². The number of terminal acetylenes is 1. The monoisotopic (exact) mass is 289 g/mol. The molecule has 10 heteroatoms. The molecule has 1 aromatic rings. The zero-order valence-corrected chi connectivity index (χ0v) is 11.3. The van der Waals surface area contributed by atoms with E-state index >= 15 is 0 Å². The van der Waals surface area contributed by atoms with Crippen LogP contribution in [0.25, 0.3) is 0 Å². The number of amides is 2. The van der Waals surface area contributed by atoms with Crippen LogP contribution in [-0.2, 0) is 10.0 Å². The maximum absolute atomic E-state index is 11.9. The zero-order chi connectivity index (χ0) is 13.8. The number of hydrogen-bond acceptors (Lipinski definition) is 6. The standard InChI is InChI=1S/C8H11N5O3S2/c1-4-5-13(3)18(15,16)8-12-11-7(17-8)10-6(14)9-2/h1H,5H2,2-3H3,(H2,9,10,11,14). The Balaban J connectivity index is 2.92. The fourth-order valence-electron chi connectivity index (χ4n) is 0.871. The third-order valence-corrected chi connectivity index (χ3v) is 4.79. The van der Waals surface area contributed by atoms with Crippen LogP contribution in [0.15, 0.2) is 4.34 Å². The maximum atomic E-state index is 11.9. The van der Waals surface area contributed by atoms with E-state index in [0.29, 0.717) is 0 Å². The third kappa shape index (κ3) is 3.16. The van der Waals surface area contributed by atoms with Crippen LogP contribution in [0.1, 0.15) is 0 Å². The Morgan fingerprint density at radius 2 is 2.22 bits per heavy atom. The molecule has 0 aliphatic rings. The topological polar surface area (TPSA) is 104 Å². The molecular formula is C8H11N5O3S2. The first-order valence-electron chi connectivity index (χ1n) is 4.64. The van der Waals surface area contributed by atoms with Gasteiger partial charge in [-0.05, 0) is 0 Å². The summed E-state index contributed by atoms with van der Waals surface area (Å²) >= 11 is 0.745. The van der Waals surface area contributed by atoms with E-state index in [4.69, 9.17) is 6.42 Å². The van der Waals surface area contributed by atoms with Crippen LogP contribution in [0.3, 0.4) is 0 Å². The summed E-state index contributed by atoms with van der Waals surface area (Å²) in [5.74, 6) is 2.21. The second-order valence-corrected chi connectivity index (χ2v) is 6.24. The molecular weight excluding hydrogens is 278 g/mol. The van der Waals surface area contributed by atoms with Crippen molar-refractivity contribution in [1.29, 1.82) is 0 Å². The van der Waals surface area contributed by atoms with E-state index in [0.717, 1.165) is 15.6 Å². The van der Waals surface area contributed by atoms with Gasteiger partial charge >= 0.3 is 6.03 Å². The molecule has 0 radical (unpaired) electrons. The number of aromatic nitrogens is 2. The van der Waals surface area contributed by atoms with Crippen molar-refractivity contribution in [3.05, 3.63) is 0 Å². The largest absolute Gasteiger partial charge is 0.341 e. The van der Waals surface area contributed by atoms with Crippen molar-refractivity contribution in [1.82, 2.24) is 19.8 Å². The predicted octanol–water partition coefficient (Wildman–Crippen LogP) is -0.457. The van der Waals surface area contributed by atoms with Crippen molar-refractivity contribution in [3.8, 4) is 12.3 Å². The number of anilines is 1. The van der Waals surface area contributed by atoms with Crippen molar-refractivity contribution < 1.29 is 13.2 Å². The highest BCUT2D eigenvalue weighted by molar-refractivity contribution is 7.91. The molecule has 2 N–H and O–H groups in total. The van der Waals surface area contributed by atoms with E-state index in [2.05, 4.69) is 26.8 Å². The molecule has 0 fully saturated rings. The molecule has 1 heterocycles. The fourth-order valence-corrected chi connectivity index (χ4v) is 3.04. The summed E-state index contributed by atoms with van der Waals surface area (Å²) in [5.41, 5.74) is 0. The number of hydrogen-bond donors (Lipinski definition) is 2. The molecule has 18 heavy (non-hydrogen) atoms. The lowest BCUT2D eigenvalue weighted by molar-refractivity contribution is 0.254. The van der Waals surface area contributed by atoms with Crippen molar-refractivity contribution in [2.45, 2.75) is 4.34 Å². The molecule has 0 spiro atoms. The molecule has 0 saturated heterocycles. The van der Waals surface area contributed by atoms with Gasteiger partial charge in [0.25, 0.3) is 10.0 Å². The Labute approximate surface area is 108 Å². The minimum absolute atomic E-state index is 0.0693. The Hall–Kier alpha value is -1.70. The van der Waals surface area contributed by atoms with Gasteiger partial charge in [-0.1, -0.05) is 17.3 Å². The van der Waals surface area contributed by atoms with E-state index in [1.165, 1.54) is 14.1 Å². The fraction of sp³-hybridized carbons (Fsp3) is 0.375. The van der Waals surface area contributed by atoms with Crippen LogP contribution >= 0.6 is 11.3 Å². The highest BCUT2D eigenvalue weighted by Crippen LogP contribution is 2.22. The van der Waals surface area contributed by atoms with E-state index in [1.54, 1.807) is 0 Å². The molecule has 0 unspecified atom stereocenters. The number of nitrogens with zero attached hydrogens (tertiary/aromatic N) is 3. The van der Waals surface area contributed by atoms with Crippen LogP contribution in [0, 0.1) is 12.3 Å². The Morgan fingerprint density at radius 1 is 1.56 bits per heavy atom. The summed E-state index contributed by atoms with van der Waals surface area (Å²) in [4.78, 5) is 11.0. The first-order valence-corrected chi connectivity index (χ1v) is 6.89. The van der Waals surface area contributed by atoms with E-state index in [1.807, 2.05) is 0 Å². The van der Waals surface area contributed by atoms with Crippen LogP contribution in [-0.4, -0.2) is 49.6 Å². The average molecular weight is 289 g/mol. The van der Waals surface area contributed by atoms with Gasteiger partial charge in [-0.2, -0.15) is 4.31 Å². The number of carbonyl (C=O) groups is 1. The summed E-state index contributed by atoms with van der Waals surface area (Å²) in [6.45, 7) is -0.0693. The van der Waals surface area contributed by atoms with Gasteiger partial charge < -0.3 is 5.32 Å². The molecule has 1 rings (SSSR count). The minimum atomic E-state index is -3.76. The Kier molecular flexibility index (Phi) is 4.60. The summed E-state index contributed by atoms with van der Waals surface area (Å²) in [5, 5.41) is 11.8. The van der Waals surface area contributed by atoms with Crippen LogP contribution < -0.4 is 10.6 Å². The first-order chi connectivity index (χ1) is 8.41. The van der Waals surface area contributed by atoms with E-state index in [-0.39, 0.29) is 16.0 Å². The van der Waals surface area contributed by atoms with Gasteiger partial charge in [-0.15, -0.1) is 16.6 Å². The molecule has 98 valence electrons. The van der Waals surface area contributed by atoms with Gasteiger partial charge in [0.2, 0.25) is 9.47 Å². The molecule has 0 bridgehead atoms. The van der Waals surface area contributed by atoms with E-state index in [9.17, 15) is 13.2 Å². The van der Waals surface area contributed by atoms with Crippen LogP contribution in [0.5, 0.6) is 0 Å². The highest BCUT2D eigenvalue weighted by Gasteiger charge is 2.25. The van der Waals surface area contributed by atoms with Crippen LogP contribution in [0.4, 0.5) is 9.93 Å². The molecule has 0 aromatic carbocycles. The lowest BCUT2D eigenvalue weighted by Crippen LogP contribution is -2.27. The van der Waals surface area contributed by atoms with Crippen molar-refractivity contribution in [3.63, 3.8) is 0 Å². The molecule has 1 aromatic heterocycles. The highest BCUT2D eigenvalue weighted by atomic mass is 32.2. The maximum Gasteiger partial charge on any atom is 0.320 e. The van der Waals surface area contributed by atoms with Gasteiger partial charge in [-0.25, -0.2) is 13.2 Å². The zero-order valence-electron chi connectivity index (χ0n) is 9.67. The molecule has 0 atom stereocenters. The normalized spacial score (nSPS) is 11.0. The number of rotatable bonds is 4. The van der Waals surface area contributed by atoms with Crippen molar-refractivity contribution in [2.24, 2.45) is 0 Å². The SMILES string of the molecule is C#CCN(C)S(=O)(=O)c1nnc(NC(=O)NC)s1. The van der Waals surface area contributed by atoms with Gasteiger partial charge in [0, 0.05) is 14.1 Å². The second-order valence-electron chi connectivity index (χ2n) is 3.04. The third-order valence-electron chi connectivity index (χ3n) is 1.80. The van der Waals surface area contributed by atoms with Gasteiger partial charge in [0.15, 0.2) is 0 Å². The Morgan fingerprint density at radius 3 is 2.78 bits per heavy atom. The summed E-state index contributed by atoms with van der Waals surface area (Å²) < 4.78 is 24.5.